The highest BCUT2D eigenvalue weighted by Crippen LogP contribution is 2.19. The van der Waals surface area contributed by atoms with Gasteiger partial charge in [-0.15, -0.1) is 11.3 Å². The Kier molecular flexibility index (Phi) is 3.80. The van der Waals surface area contributed by atoms with Gasteiger partial charge in [0.15, 0.2) is 5.13 Å². The van der Waals surface area contributed by atoms with Crippen molar-refractivity contribution >= 4 is 28.1 Å². The first-order valence-electron chi connectivity index (χ1n) is 5.21. The fourth-order valence-electron chi connectivity index (χ4n) is 1.38. The molecule has 0 atom stereocenters. The van der Waals surface area contributed by atoms with Crippen LogP contribution in [0.5, 0.6) is 0 Å². The number of nitrogens with one attached hydrogen (secondary N) is 1. The first-order chi connectivity index (χ1) is 7.78. The van der Waals surface area contributed by atoms with Crippen LogP contribution in [-0.2, 0) is 13.0 Å². The number of aromatic nitrogens is 1. The second-order valence-electron chi connectivity index (χ2n) is 3.47. The molecular weight excluding hydrogens is 240 g/mol. The summed E-state index contributed by atoms with van der Waals surface area (Å²) in [5.74, 6) is 0. The molecule has 1 aromatic carbocycles. The van der Waals surface area contributed by atoms with E-state index in [1.165, 1.54) is 10.4 Å². The number of hydrogen-bond acceptors (Lipinski definition) is 3. The Morgan fingerprint density at radius 3 is 3.00 bits per heavy atom. The summed E-state index contributed by atoms with van der Waals surface area (Å²) in [6.07, 6.45) is 2.96. The molecule has 1 heterocycles. The lowest BCUT2D eigenvalue weighted by molar-refractivity contribution is 1.13. The van der Waals surface area contributed by atoms with Gasteiger partial charge >= 0.3 is 0 Å². The van der Waals surface area contributed by atoms with E-state index in [-0.39, 0.29) is 0 Å². The Labute approximate surface area is 104 Å². The van der Waals surface area contributed by atoms with E-state index in [9.17, 15) is 0 Å². The lowest BCUT2D eigenvalue weighted by Gasteiger charge is -2.02. The molecular formula is C12H13ClN2S. The number of nitrogens with zero attached hydrogens (tertiary/aromatic N) is 1. The van der Waals surface area contributed by atoms with Gasteiger partial charge in [0.05, 0.1) is 0 Å². The highest BCUT2D eigenvalue weighted by molar-refractivity contribution is 7.15. The zero-order valence-corrected chi connectivity index (χ0v) is 10.6. The van der Waals surface area contributed by atoms with E-state index in [1.807, 2.05) is 30.5 Å². The summed E-state index contributed by atoms with van der Waals surface area (Å²) in [6, 6.07) is 7.85. The van der Waals surface area contributed by atoms with Crippen LogP contribution in [0.3, 0.4) is 0 Å². The second-order valence-corrected chi connectivity index (χ2v) is 5.02. The Balaban J connectivity index is 1.96. The van der Waals surface area contributed by atoms with Crippen molar-refractivity contribution in [2.24, 2.45) is 0 Å². The largest absolute Gasteiger partial charge is 0.357 e. The summed E-state index contributed by atoms with van der Waals surface area (Å²) >= 11 is 7.61. The minimum atomic E-state index is 0.761. The van der Waals surface area contributed by atoms with Crippen molar-refractivity contribution in [3.8, 4) is 0 Å². The molecule has 4 heteroatoms. The SMILES string of the molecule is CCc1cnc(NCc2cccc(Cl)c2)s1. The molecule has 84 valence electrons. The van der Waals surface area contributed by atoms with Gasteiger partial charge in [-0.05, 0) is 24.1 Å². The molecule has 0 bridgehead atoms. The Hall–Kier alpha value is -1.06. The van der Waals surface area contributed by atoms with Crippen LogP contribution in [0.2, 0.25) is 5.02 Å². The monoisotopic (exact) mass is 252 g/mol. The third-order valence-electron chi connectivity index (χ3n) is 2.23. The first kappa shape index (κ1) is 11.4. The molecule has 1 aromatic heterocycles. The first-order valence-corrected chi connectivity index (χ1v) is 6.40. The minimum absolute atomic E-state index is 0.761. The number of rotatable bonds is 4. The van der Waals surface area contributed by atoms with Gasteiger partial charge in [-0.25, -0.2) is 4.98 Å². The van der Waals surface area contributed by atoms with Gasteiger partial charge in [-0.1, -0.05) is 30.7 Å². The van der Waals surface area contributed by atoms with E-state index in [0.717, 1.165) is 23.1 Å². The van der Waals surface area contributed by atoms with E-state index in [2.05, 4.69) is 17.2 Å². The quantitative estimate of drug-likeness (QED) is 0.891. The van der Waals surface area contributed by atoms with Crippen molar-refractivity contribution in [1.29, 1.82) is 0 Å². The number of anilines is 1. The molecule has 0 unspecified atom stereocenters. The van der Waals surface area contributed by atoms with E-state index in [4.69, 9.17) is 11.6 Å². The molecule has 1 N–H and O–H groups in total. The van der Waals surface area contributed by atoms with Crippen molar-refractivity contribution in [1.82, 2.24) is 4.98 Å². The van der Waals surface area contributed by atoms with Crippen molar-refractivity contribution in [2.45, 2.75) is 19.9 Å². The highest BCUT2D eigenvalue weighted by Gasteiger charge is 2.00. The predicted octanol–water partition coefficient (Wildman–Crippen LogP) is 3.97. The Morgan fingerprint density at radius 2 is 2.31 bits per heavy atom. The number of thiazole rings is 1. The molecule has 0 aliphatic carbocycles. The van der Waals surface area contributed by atoms with Crippen molar-refractivity contribution in [2.75, 3.05) is 5.32 Å². The molecule has 0 spiro atoms. The van der Waals surface area contributed by atoms with Gasteiger partial charge in [0, 0.05) is 22.6 Å². The molecule has 2 nitrogen and oxygen atoms in total. The van der Waals surface area contributed by atoms with Crippen molar-refractivity contribution in [3.63, 3.8) is 0 Å². The summed E-state index contributed by atoms with van der Waals surface area (Å²) in [4.78, 5) is 5.60. The predicted molar refractivity (Wildman–Crippen MR) is 70.3 cm³/mol. The normalized spacial score (nSPS) is 10.4. The lowest BCUT2D eigenvalue weighted by atomic mass is 10.2. The van der Waals surface area contributed by atoms with Crippen molar-refractivity contribution in [3.05, 3.63) is 45.9 Å². The summed E-state index contributed by atoms with van der Waals surface area (Å²) in [5, 5.41) is 5.03. The summed E-state index contributed by atoms with van der Waals surface area (Å²) < 4.78 is 0. The number of halogens is 1. The zero-order valence-electron chi connectivity index (χ0n) is 9.03. The Bertz CT molecular complexity index is 468. The van der Waals surface area contributed by atoms with Crippen LogP contribution in [0.1, 0.15) is 17.4 Å². The molecule has 0 fully saturated rings. The van der Waals surface area contributed by atoms with Crippen LogP contribution in [0.25, 0.3) is 0 Å². The third kappa shape index (κ3) is 2.97. The van der Waals surface area contributed by atoms with Gasteiger partial charge in [0.25, 0.3) is 0 Å². The molecule has 2 aromatic rings. The van der Waals surface area contributed by atoms with E-state index < -0.39 is 0 Å². The van der Waals surface area contributed by atoms with Crippen molar-refractivity contribution < 1.29 is 0 Å². The second kappa shape index (κ2) is 5.32. The van der Waals surface area contributed by atoms with Crippen LogP contribution in [0.4, 0.5) is 5.13 Å². The molecule has 0 amide bonds. The molecule has 0 saturated heterocycles. The number of benzene rings is 1. The number of hydrogen-bond donors (Lipinski definition) is 1. The standard InChI is InChI=1S/C12H13ClN2S/c1-2-11-8-15-12(16-11)14-7-9-4-3-5-10(13)6-9/h3-6,8H,2,7H2,1H3,(H,14,15). The number of aryl methyl sites for hydroxylation is 1. The zero-order chi connectivity index (χ0) is 11.4. The fraction of sp³-hybridized carbons (Fsp3) is 0.250. The summed E-state index contributed by atoms with van der Waals surface area (Å²) in [5.41, 5.74) is 1.17. The van der Waals surface area contributed by atoms with Crippen LogP contribution >= 0.6 is 22.9 Å². The smallest absolute Gasteiger partial charge is 0.183 e. The molecule has 16 heavy (non-hydrogen) atoms. The fourth-order valence-corrected chi connectivity index (χ4v) is 2.34. The average molecular weight is 253 g/mol. The summed E-state index contributed by atoms with van der Waals surface area (Å²) in [7, 11) is 0. The topological polar surface area (TPSA) is 24.9 Å². The summed E-state index contributed by atoms with van der Waals surface area (Å²) in [6.45, 7) is 2.89. The van der Waals surface area contributed by atoms with Crippen LogP contribution in [0.15, 0.2) is 30.5 Å². The average Bonchev–Trinajstić information content (AvgIpc) is 2.74. The van der Waals surface area contributed by atoms with Crippen LogP contribution in [0, 0.1) is 0 Å². The van der Waals surface area contributed by atoms with E-state index in [0.29, 0.717) is 0 Å². The van der Waals surface area contributed by atoms with Gasteiger partial charge in [-0.3, -0.25) is 0 Å². The molecule has 0 radical (unpaired) electrons. The molecule has 0 aliphatic heterocycles. The van der Waals surface area contributed by atoms with Gasteiger partial charge < -0.3 is 5.32 Å². The molecule has 0 aliphatic rings. The van der Waals surface area contributed by atoms with Crippen LogP contribution in [-0.4, -0.2) is 4.98 Å². The van der Waals surface area contributed by atoms with Gasteiger partial charge in [0.2, 0.25) is 0 Å². The van der Waals surface area contributed by atoms with Crippen LogP contribution < -0.4 is 5.32 Å². The lowest BCUT2D eigenvalue weighted by Crippen LogP contribution is -1.98. The van der Waals surface area contributed by atoms with E-state index >= 15 is 0 Å². The third-order valence-corrected chi connectivity index (χ3v) is 3.57. The van der Waals surface area contributed by atoms with E-state index in [1.54, 1.807) is 11.3 Å². The molecule has 2 rings (SSSR count). The maximum absolute atomic E-state index is 5.91. The molecule has 0 saturated carbocycles. The maximum atomic E-state index is 5.91. The minimum Gasteiger partial charge on any atom is -0.357 e. The Morgan fingerprint density at radius 1 is 1.44 bits per heavy atom. The van der Waals surface area contributed by atoms with Gasteiger partial charge in [0.1, 0.15) is 0 Å². The highest BCUT2D eigenvalue weighted by atomic mass is 35.5. The maximum Gasteiger partial charge on any atom is 0.183 e. The van der Waals surface area contributed by atoms with Gasteiger partial charge in [-0.2, -0.15) is 0 Å².